The summed E-state index contributed by atoms with van der Waals surface area (Å²) in [5.74, 6) is 1.20. The van der Waals surface area contributed by atoms with Gasteiger partial charge >= 0.3 is 17.9 Å². The van der Waals surface area contributed by atoms with E-state index >= 15 is 0 Å². The van der Waals surface area contributed by atoms with E-state index in [4.69, 9.17) is 14.2 Å². The van der Waals surface area contributed by atoms with Crippen LogP contribution in [-0.4, -0.2) is 55.7 Å². The van der Waals surface area contributed by atoms with Crippen molar-refractivity contribution in [1.82, 2.24) is 4.90 Å². The summed E-state index contributed by atoms with van der Waals surface area (Å²) < 4.78 is 18.9. The molecule has 0 radical (unpaired) electrons. The predicted molar refractivity (Wildman–Crippen MR) is 201 cm³/mol. The van der Waals surface area contributed by atoms with Crippen LogP contribution in [0.25, 0.3) is 0 Å². The van der Waals surface area contributed by atoms with Crippen LogP contribution in [0.3, 0.4) is 0 Å². The average molecular weight is 702 g/mol. The molecule has 0 N–H and O–H groups in total. The second-order valence-corrected chi connectivity index (χ2v) is 17.9. The summed E-state index contributed by atoms with van der Waals surface area (Å²) in [6.07, 6.45) is 9.08. The van der Waals surface area contributed by atoms with Gasteiger partial charge in [0.25, 0.3) is 0 Å². The number of carbonyl (C=O) groups excluding carboxylic acids is 3. The molecule has 4 aliphatic carbocycles. The first-order valence-electron chi connectivity index (χ1n) is 19.4. The van der Waals surface area contributed by atoms with E-state index in [9.17, 15) is 14.4 Å². The maximum absolute atomic E-state index is 14.6. The van der Waals surface area contributed by atoms with Gasteiger partial charge in [-0.3, -0.25) is 14.4 Å². The fraction of sp³-hybridized carbons (Fsp3) is 0.659. The van der Waals surface area contributed by atoms with Crippen LogP contribution in [0.4, 0.5) is 0 Å². The van der Waals surface area contributed by atoms with E-state index in [1.807, 2.05) is 121 Å². The summed E-state index contributed by atoms with van der Waals surface area (Å²) in [6, 6.07) is 19.7. The molecule has 4 saturated carbocycles. The van der Waals surface area contributed by atoms with Crippen molar-refractivity contribution in [3.05, 3.63) is 71.8 Å². The third-order valence-electron chi connectivity index (χ3n) is 12.9. The van der Waals surface area contributed by atoms with Crippen molar-refractivity contribution in [2.45, 2.75) is 123 Å². The molecule has 4 aliphatic rings. The zero-order chi connectivity index (χ0) is 37.1. The molecule has 7 heteroatoms. The van der Waals surface area contributed by atoms with E-state index in [1.165, 1.54) is 19.3 Å². The van der Waals surface area contributed by atoms with Crippen molar-refractivity contribution < 1.29 is 28.6 Å². The summed E-state index contributed by atoms with van der Waals surface area (Å²) in [7, 11) is 3.91. The highest BCUT2D eigenvalue weighted by molar-refractivity contribution is 5.79. The van der Waals surface area contributed by atoms with Crippen LogP contribution in [0.1, 0.15) is 123 Å². The number of hydrogen-bond acceptors (Lipinski definition) is 7. The van der Waals surface area contributed by atoms with Crippen molar-refractivity contribution in [3.63, 3.8) is 0 Å². The lowest BCUT2D eigenvalue weighted by atomic mass is 9.54. The molecule has 7 nitrogen and oxygen atoms in total. The highest BCUT2D eigenvalue weighted by atomic mass is 16.6. The highest BCUT2D eigenvalue weighted by Crippen LogP contribution is 2.58. The Morgan fingerprint density at radius 1 is 0.686 bits per heavy atom. The summed E-state index contributed by atoms with van der Waals surface area (Å²) in [5.41, 5.74) is -2.13. The van der Waals surface area contributed by atoms with Gasteiger partial charge in [0.1, 0.15) is 12.2 Å². The molecular formula is C44H63NO6. The minimum atomic E-state index is -0.993. The SMILES string of the molecule is CCC(C)(CCC(C)(CCC(C)(C)C(=O)OC(C)(c1ccccc1)c1ccccc1)C(=O)OC12CC3CC(CC(C3)C1)C2)C(=O)OCCN(C)C. The van der Waals surface area contributed by atoms with Crippen LogP contribution >= 0.6 is 0 Å². The molecule has 0 spiro atoms. The second-order valence-electron chi connectivity index (χ2n) is 17.9. The minimum absolute atomic E-state index is 0.188. The highest BCUT2D eigenvalue weighted by Gasteiger charge is 2.55. The number of hydrogen-bond donors (Lipinski definition) is 0. The van der Waals surface area contributed by atoms with Crippen LogP contribution in [-0.2, 0) is 34.2 Å². The van der Waals surface area contributed by atoms with E-state index < -0.39 is 21.8 Å². The Hall–Kier alpha value is -3.19. The van der Waals surface area contributed by atoms with Gasteiger partial charge in [-0.05, 0) is 148 Å². The van der Waals surface area contributed by atoms with Crippen LogP contribution in [0.5, 0.6) is 0 Å². The fourth-order valence-electron chi connectivity index (χ4n) is 9.09. The van der Waals surface area contributed by atoms with Gasteiger partial charge in [-0.2, -0.15) is 0 Å². The lowest BCUT2D eigenvalue weighted by Gasteiger charge is -2.56. The lowest BCUT2D eigenvalue weighted by molar-refractivity contribution is -0.198. The monoisotopic (exact) mass is 701 g/mol. The molecule has 2 aromatic carbocycles. The van der Waals surface area contributed by atoms with Crippen LogP contribution in [0.15, 0.2) is 60.7 Å². The Balaban J connectivity index is 1.35. The number of nitrogens with zero attached hydrogens (tertiary/aromatic N) is 1. The van der Waals surface area contributed by atoms with Gasteiger partial charge in [0, 0.05) is 6.54 Å². The Kier molecular flexibility index (Phi) is 11.8. The molecule has 0 heterocycles. The molecule has 2 atom stereocenters. The zero-order valence-electron chi connectivity index (χ0n) is 32.6. The van der Waals surface area contributed by atoms with Crippen molar-refractivity contribution >= 4 is 17.9 Å². The predicted octanol–water partition coefficient (Wildman–Crippen LogP) is 9.12. The smallest absolute Gasteiger partial charge is 0.312 e. The number of esters is 3. The third kappa shape index (κ3) is 8.89. The van der Waals surface area contributed by atoms with Gasteiger partial charge in [0.15, 0.2) is 5.60 Å². The van der Waals surface area contributed by atoms with Gasteiger partial charge in [-0.1, -0.05) is 67.6 Å². The third-order valence-corrected chi connectivity index (χ3v) is 12.9. The van der Waals surface area contributed by atoms with E-state index in [1.54, 1.807) is 0 Å². The molecule has 2 unspecified atom stereocenters. The molecular weight excluding hydrogens is 638 g/mol. The zero-order valence-corrected chi connectivity index (χ0v) is 32.6. The number of ether oxygens (including phenoxy) is 3. The molecule has 2 aromatic rings. The van der Waals surface area contributed by atoms with Crippen molar-refractivity contribution in [3.8, 4) is 0 Å². The molecule has 51 heavy (non-hydrogen) atoms. The summed E-state index contributed by atoms with van der Waals surface area (Å²) in [6.45, 7) is 12.7. The van der Waals surface area contributed by atoms with Crippen molar-refractivity contribution in [2.24, 2.45) is 34.0 Å². The molecule has 6 rings (SSSR count). The number of benzene rings is 2. The molecule has 4 fully saturated rings. The average Bonchev–Trinajstić information content (AvgIpc) is 3.09. The number of likely N-dealkylation sites (N-methyl/N-ethyl adjacent to an activating group) is 1. The van der Waals surface area contributed by atoms with E-state index in [0.717, 1.165) is 30.4 Å². The van der Waals surface area contributed by atoms with Crippen LogP contribution in [0, 0.1) is 34.0 Å². The second kappa shape index (κ2) is 15.4. The minimum Gasteiger partial charge on any atom is -0.464 e. The Labute approximate surface area is 307 Å². The Bertz CT molecular complexity index is 1430. The molecule has 0 amide bonds. The maximum atomic E-state index is 14.6. The van der Waals surface area contributed by atoms with E-state index in [0.29, 0.717) is 63.0 Å². The van der Waals surface area contributed by atoms with E-state index in [-0.39, 0.29) is 23.5 Å². The topological polar surface area (TPSA) is 82.1 Å². The maximum Gasteiger partial charge on any atom is 0.312 e. The van der Waals surface area contributed by atoms with Crippen LogP contribution in [0.2, 0.25) is 0 Å². The molecule has 0 aromatic heterocycles. The number of carbonyl (C=O) groups is 3. The standard InChI is InChI=1S/C44H63NO6/c1-9-41(4,38(47)49-25-24-45(7)8)22-23-42(5,39(48)51-44-29-32-26-33(30-44)28-34(27-32)31-44)21-20-40(2,3)37(46)50-43(6,35-16-12-10-13-17-35)36-18-14-11-15-19-36/h10-19,32-34H,9,20-31H2,1-8H3. The molecule has 4 bridgehead atoms. The quantitative estimate of drug-likeness (QED) is 0.120. The normalized spacial score (nSPS) is 25.2. The number of rotatable bonds is 17. The summed E-state index contributed by atoms with van der Waals surface area (Å²) in [5, 5.41) is 0. The van der Waals surface area contributed by atoms with Gasteiger partial charge in [0.05, 0.1) is 16.2 Å². The molecule has 0 saturated heterocycles. The van der Waals surface area contributed by atoms with Crippen molar-refractivity contribution in [2.75, 3.05) is 27.2 Å². The fourth-order valence-corrected chi connectivity index (χ4v) is 9.09. The van der Waals surface area contributed by atoms with E-state index in [2.05, 4.69) is 0 Å². The Morgan fingerprint density at radius 3 is 1.63 bits per heavy atom. The molecule has 280 valence electrons. The first-order chi connectivity index (χ1) is 24.0. The van der Waals surface area contributed by atoms with Crippen LogP contribution < -0.4 is 0 Å². The van der Waals surface area contributed by atoms with Gasteiger partial charge < -0.3 is 19.1 Å². The Morgan fingerprint density at radius 2 is 1.16 bits per heavy atom. The largest absolute Gasteiger partial charge is 0.464 e. The first kappa shape index (κ1) is 39.0. The summed E-state index contributed by atoms with van der Waals surface area (Å²) >= 11 is 0. The lowest BCUT2D eigenvalue weighted by Crippen LogP contribution is -2.54. The summed E-state index contributed by atoms with van der Waals surface area (Å²) in [4.78, 5) is 44.2. The van der Waals surface area contributed by atoms with Gasteiger partial charge in [-0.15, -0.1) is 0 Å². The van der Waals surface area contributed by atoms with Crippen molar-refractivity contribution in [1.29, 1.82) is 0 Å². The first-order valence-corrected chi connectivity index (χ1v) is 19.4. The molecule has 0 aliphatic heterocycles. The van der Waals surface area contributed by atoms with Gasteiger partial charge in [0.2, 0.25) is 0 Å². The van der Waals surface area contributed by atoms with Gasteiger partial charge in [-0.25, -0.2) is 0 Å².